The molecular weight excluding hydrogens is 376 g/mol. The molecular formula is C21H22N2O4S. The van der Waals surface area contributed by atoms with Crippen molar-refractivity contribution >= 4 is 33.4 Å². The van der Waals surface area contributed by atoms with Crippen LogP contribution in [0.2, 0.25) is 0 Å². The molecule has 0 saturated heterocycles. The van der Waals surface area contributed by atoms with Crippen LogP contribution in [0.15, 0.2) is 41.4 Å². The maximum Gasteiger partial charge on any atom is 0.338 e. The van der Waals surface area contributed by atoms with Crippen molar-refractivity contribution in [3.8, 4) is 5.75 Å². The summed E-state index contributed by atoms with van der Waals surface area (Å²) < 4.78 is 13.0. The van der Waals surface area contributed by atoms with E-state index in [4.69, 9.17) is 9.47 Å². The first-order chi connectivity index (χ1) is 13.4. The molecule has 1 aromatic heterocycles. The predicted octanol–water partition coefficient (Wildman–Crippen LogP) is 3.40. The second-order valence-corrected chi connectivity index (χ2v) is 7.34. The van der Waals surface area contributed by atoms with E-state index >= 15 is 0 Å². The number of nitrogens with zero attached hydrogens (tertiary/aromatic N) is 2. The highest BCUT2D eigenvalue weighted by Crippen LogP contribution is 2.20. The van der Waals surface area contributed by atoms with Crippen LogP contribution in [0.25, 0.3) is 10.2 Å². The first-order valence-corrected chi connectivity index (χ1v) is 9.72. The maximum absolute atomic E-state index is 12.5. The van der Waals surface area contributed by atoms with E-state index in [0.717, 1.165) is 27.1 Å². The Balaban J connectivity index is 1.88. The monoisotopic (exact) mass is 398 g/mol. The fraction of sp³-hybridized carbons (Fsp3) is 0.286. The molecule has 0 atom stereocenters. The van der Waals surface area contributed by atoms with Gasteiger partial charge in [0.05, 0.1) is 35.9 Å². The smallest absolute Gasteiger partial charge is 0.338 e. The number of rotatable bonds is 5. The first kappa shape index (κ1) is 19.8. The Morgan fingerprint density at radius 3 is 2.64 bits per heavy atom. The fourth-order valence-corrected chi connectivity index (χ4v) is 4.03. The minimum atomic E-state index is -0.357. The van der Waals surface area contributed by atoms with Crippen molar-refractivity contribution in [1.29, 1.82) is 0 Å². The van der Waals surface area contributed by atoms with Crippen molar-refractivity contribution in [3.05, 3.63) is 57.9 Å². The Labute approximate surface area is 167 Å². The number of amides is 1. The zero-order valence-electron chi connectivity index (χ0n) is 16.3. The molecule has 3 rings (SSSR count). The number of methoxy groups -OCH3 is 1. The molecule has 1 heterocycles. The molecule has 2 aromatic carbocycles. The minimum absolute atomic E-state index is 0.215. The highest BCUT2D eigenvalue weighted by atomic mass is 32.1. The Morgan fingerprint density at radius 2 is 1.96 bits per heavy atom. The molecule has 6 nitrogen and oxygen atoms in total. The lowest BCUT2D eigenvalue weighted by atomic mass is 10.1. The van der Waals surface area contributed by atoms with Gasteiger partial charge in [0.15, 0.2) is 4.80 Å². The molecule has 0 aliphatic rings. The number of carbonyl (C=O) groups is 2. The first-order valence-electron chi connectivity index (χ1n) is 8.90. The molecule has 0 bridgehead atoms. The Bertz CT molecular complexity index is 1110. The summed E-state index contributed by atoms with van der Waals surface area (Å²) in [5.74, 6) is 0.212. The molecule has 28 heavy (non-hydrogen) atoms. The standard InChI is InChI=1S/C21H22N2O4S/c1-5-27-20(25)15-7-8-16-18(12-15)28-21(23(16)3)22-19(24)11-14-6-9-17(26-4)13(2)10-14/h6-10,12H,5,11H2,1-4H3. The van der Waals surface area contributed by atoms with Gasteiger partial charge in [-0.3, -0.25) is 4.79 Å². The number of hydrogen-bond acceptors (Lipinski definition) is 5. The van der Waals surface area contributed by atoms with Crippen LogP contribution < -0.4 is 9.54 Å². The number of fused-ring (bicyclic) bond motifs is 1. The summed E-state index contributed by atoms with van der Waals surface area (Å²) in [7, 11) is 3.48. The van der Waals surface area contributed by atoms with Crippen molar-refractivity contribution in [1.82, 2.24) is 4.57 Å². The highest BCUT2D eigenvalue weighted by Gasteiger charge is 2.11. The van der Waals surface area contributed by atoms with Crippen molar-refractivity contribution in [3.63, 3.8) is 0 Å². The topological polar surface area (TPSA) is 69.9 Å². The average molecular weight is 398 g/mol. The number of thiazole rings is 1. The molecule has 0 fully saturated rings. The van der Waals surface area contributed by atoms with Crippen LogP contribution in [0.3, 0.4) is 0 Å². The number of ether oxygens (including phenoxy) is 2. The van der Waals surface area contributed by atoms with Gasteiger partial charge >= 0.3 is 5.97 Å². The van der Waals surface area contributed by atoms with Crippen molar-refractivity contribution in [2.75, 3.05) is 13.7 Å². The second-order valence-electron chi connectivity index (χ2n) is 6.33. The molecule has 0 unspecified atom stereocenters. The largest absolute Gasteiger partial charge is 0.496 e. The van der Waals surface area contributed by atoms with Gasteiger partial charge in [-0.1, -0.05) is 23.5 Å². The molecule has 1 amide bonds. The maximum atomic E-state index is 12.5. The molecule has 7 heteroatoms. The molecule has 0 radical (unpaired) electrons. The molecule has 3 aromatic rings. The van der Waals surface area contributed by atoms with Crippen LogP contribution in [0.1, 0.15) is 28.4 Å². The third-order valence-corrected chi connectivity index (χ3v) is 5.45. The predicted molar refractivity (Wildman–Crippen MR) is 109 cm³/mol. The van der Waals surface area contributed by atoms with Crippen LogP contribution in [-0.2, 0) is 23.0 Å². The lowest BCUT2D eigenvalue weighted by Crippen LogP contribution is -2.14. The number of esters is 1. The summed E-state index contributed by atoms with van der Waals surface area (Å²) in [6, 6.07) is 11.0. The lowest BCUT2D eigenvalue weighted by molar-refractivity contribution is -0.117. The van der Waals surface area contributed by atoms with Gasteiger partial charge < -0.3 is 14.0 Å². The Hall–Kier alpha value is -2.93. The van der Waals surface area contributed by atoms with Crippen LogP contribution in [-0.4, -0.2) is 30.2 Å². The van der Waals surface area contributed by atoms with E-state index in [9.17, 15) is 9.59 Å². The van der Waals surface area contributed by atoms with E-state index in [1.54, 1.807) is 26.2 Å². The summed E-state index contributed by atoms with van der Waals surface area (Å²) in [5, 5.41) is 0. The molecule has 0 aliphatic heterocycles. The van der Waals surface area contributed by atoms with Gasteiger partial charge in [0.25, 0.3) is 5.91 Å². The van der Waals surface area contributed by atoms with E-state index in [-0.39, 0.29) is 18.3 Å². The molecule has 0 N–H and O–H groups in total. The van der Waals surface area contributed by atoms with Gasteiger partial charge in [0.1, 0.15) is 5.75 Å². The van der Waals surface area contributed by atoms with Gasteiger partial charge in [-0.2, -0.15) is 4.99 Å². The van der Waals surface area contributed by atoms with Crippen molar-refractivity contribution < 1.29 is 19.1 Å². The van der Waals surface area contributed by atoms with Gasteiger partial charge in [-0.25, -0.2) is 4.79 Å². The quantitative estimate of drug-likeness (QED) is 0.618. The lowest BCUT2D eigenvalue weighted by Gasteiger charge is -2.05. The third kappa shape index (κ3) is 4.14. The van der Waals surface area contributed by atoms with E-state index in [1.807, 2.05) is 42.8 Å². The van der Waals surface area contributed by atoms with E-state index < -0.39 is 0 Å². The van der Waals surface area contributed by atoms with E-state index in [0.29, 0.717) is 17.0 Å². The summed E-state index contributed by atoms with van der Waals surface area (Å²) in [4.78, 5) is 29.2. The van der Waals surface area contributed by atoms with Crippen molar-refractivity contribution in [2.24, 2.45) is 12.0 Å². The number of aryl methyl sites for hydroxylation is 2. The SMILES string of the molecule is CCOC(=O)c1ccc2c(c1)sc(=NC(=O)Cc1ccc(OC)c(C)c1)n2C. The van der Waals surface area contributed by atoms with Gasteiger partial charge in [0, 0.05) is 7.05 Å². The van der Waals surface area contributed by atoms with Gasteiger partial charge in [0.2, 0.25) is 0 Å². The van der Waals surface area contributed by atoms with Crippen LogP contribution in [0, 0.1) is 6.92 Å². The van der Waals surface area contributed by atoms with E-state index in [1.165, 1.54) is 11.3 Å². The fourth-order valence-electron chi connectivity index (χ4n) is 2.95. The molecule has 0 spiro atoms. The normalized spacial score (nSPS) is 11.6. The van der Waals surface area contributed by atoms with Crippen LogP contribution in [0.4, 0.5) is 0 Å². The van der Waals surface area contributed by atoms with Gasteiger partial charge in [-0.05, 0) is 49.2 Å². The summed E-state index contributed by atoms with van der Waals surface area (Å²) in [6.45, 7) is 4.04. The number of carbonyl (C=O) groups excluding carboxylic acids is 2. The summed E-state index contributed by atoms with van der Waals surface area (Å²) in [5.41, 5.74) is 3.26. The molecule has 0 aliphatic carbocycles. The summed E-state index contributed by atoms with van der Waals surface area (Å²) in [6.07, 6.45) is 0.215. The summed E-state index contributed by atoms with van der Waals surface area (Å²) >= 11 is 1.37. The minimum Gasteiger partial charge on any atom is -0.496 e. The average Bonchev–Trinajstić information content (AvgIpc) is 2.97. The number of benzene rings is 2. The third-order valence-electron chi connectivity index (χ3n) is 4.36. The van der Waals surface area contributed by atoms with E-state index in [2.05, 4.69) is 4.99 Å². The number of aromatic nitrogens is 1. The van der Waals surface area contributed by atoms with Crippen LogP contribution >= 0.6 is 11.3 Å². The number of hydrogen-bond donors (Lipinski definition) is 0. The molecule has 146 valence electrons. The molecule has 0 saturated carbocycles. The van der Waals surface area contributed by atoms with Gasteiger partial charge in [-0.15, -0.1) is 0 Å². The van der Waals surface area contributed by atoms with Crippen molar-refractivity contribution in [2.45, 2.75) is 20.3 Å². The second kappa shape index (κ2) is 8.39. The zero-order chi connectivity index (χ0) is 20.3. The Kier molecular flexibility index (Phi) is 5.94. The highest BCUT2D eigenvalue weighted by molar-refractivity contribution is 7.16. The van der Waals surface area contributed by atoms with Crippen LogP contribution in [0.5, 0.6) is 5.75 Å². The Morgan fingerprint density at radius 1 is 1.18 bits per heavy atom. The zero-order valence-corrected chi connectivity index (χ0v) is 17.1.